The summed E-state index contributed by atoms with van der Waals surface area (Å²) in [5.74, 6) is 0.697. The molecule has 1 amide bonds. The van der Waals surface area contributed by atoms with E-state index in [0.717, 1.165) is 56.0 Å². The molecule has 2 aromatic rings. The molecule has 1 saturated carbocycles. The second kappa shape index (κ2) is 8.07. The number of morpholine rings is 1. The molecule has 1 N–H and O–H groups in total. The average molecular weight is 397 g/mol. The highest BCUT2D eigenvalue weighted by Gasteiger charge is 2.39. The van der Waals surface area contributed by atoms with Crippen molar-refractivity contribution in [1.82, 2.24) is 20.0 Å². The summed E-state index contributed by atoms with van der Waals surface area (Å²) in [5.41, 5.74) is 1.65. The number of hydrogen-bond donors (Lipinski definition) is 1. The van der Waals surface area contributed by atoms with Gasteiger partial charge in [0.1, 0.15) is 0 Å². The molecule has 3 aliphatic rings. The Morgan fingerprint density at radius 2 is 1.97 bits per heavy atom. The number of nitrogens with one attached hydrogen (secondary N) is 1. The molecule has 2 atom stereocenters. The number of carbonyl (C=O) groups is 1. The van der Waals surface area contributed by atoms with Gasteiger partial charge >= 0.3 is 0 Å². The molecule has 29 heavy (non-hydrogen) atoms. The monoisotopic (exact) mass is 396 g/mol. The van der Waals surface area contributed by atoms with Gasteiger partial charge in [-0.3, -0.25) is 14.4 Å². The van der Waals surface area contributed by atoms with Crippen LogP contribution in [0.5, 0.6) is 0 Å². The zero-order valence-corrected chi connectivity index (χ0v) is 17.3. The fourth-order valence-electron chi connectivity index (χ4n) is 5.05. The molecule has 0 radical (unpaired) electrons. The average Bonchev–Trinajstić information content (AvgIpc) is 3.46. The molecule has 5 rings (SSSR count). The third-order valence-electron chi connectivity index (χ3n) is 6.78. The van der Waals surface area contributed by atoms with E-state index in [0.29, 0.717) is 17.8 Å². The van der Waals surface area contributed by atoms with Gasteiger partial charge in [0.2, 0.25) is 0 Å². The lowest BCUT2D eigenvalue weighted by Crippen LogP contribution is -2.60. The zero-order chi connectivity index (χ0) is 19.8. The van der Waals surface area contributed by atoms with Crippen molar-refractivity contribution in [3.05, 3.63) is 30.0 Å². The highest BCUT2D eigenvalue weighted by atomic mass is 16.5. The van der Waals surface area contributed by atoms with E-state index in [-0.39, 0.29) is 11.9 Å². The summed E-state index contributed by atoms with van der Waals surface area (Å²) in [6.45, 7) is 5.88. The Morgan fingerprint density at radius 3 is 2.69 bits per heavy atom. The molecule has 0 spiro atoms. The van der Waals surface area contributed by atoms with Gasteiger partial charge in [0.15, 0.2) is 5.69 Å². The van der Waals surface area contributed by atoms with E-state index in [9.17, 15) is 4.79 Å². The van der Waals surface area contributed by atoms with E-state index in [1.165, 1.54) is 25.7 Å². The Bertz CT molecular complexity index is 861. The van der Waals surface area contributed by atoms with Crippen LogP contribution in [0.4, 0.5) is 0 Å². The minimum atomic E-state index is -0.0262. The maximum atomic E-state index is 13.2. The maximum Gasteiger partial charge on any atom is 0.272 e. The van der Waals surface area contributed by atoms with Crippen LogP contribution in [0.15, 0.2) is 24.3 Å². The number of fused-ring (bicyclic) bond motifs is 3. The van der Waals surface area contributed by atoms with Crippen LogP contribution in [0.2, 0.25) is 0 Å². The van der Waals surface area contributed by atoms with Gasteiger partial charge in [-0.1, -0.05) is 31.5 Å². The van der Waals surface area contributed by atoms with Gasteiger partial charge < -0.3 is 10.1 Å². The van der Waals surface area contributed by atoms with E-state index < -0.39 is 0 Å². The van der Waals surface area contributed by atoms with Crippen LogP contribution < -0.4 is 5.32 Å². The smallest absolute Gasteiger partial charge is 0.272 e. The Hall–Kier alpha value is -1.92. The van der Waals surface area contributed by atoms with Gasteiger partial charge in [0.05, 0.1) is 18.7 Å². The molecule has 1 aromatic heterocycles. The van der Waals surface area contributed by atoms with Crippen molar-refractivity contribution in [3.63, 3.8) is 0 Å². The molecule has 2 bridgehead atoms. The van der Waals surface area contributed by atoms with Crippen LogP contribution in [0.1, 0.15) is 55.9 Å². The van der Waals surface area contributed by atoms with Crippen molar-refractivity contribution in [2.45, 2.75) is 70.1 Å². The number of rotatable bonds is 7. The second-order valence-corrected chi connectivity index (χ2v) is 9.07. The van der Waals surface area contributed by atoms with Gasteiger partial charge in [0.25, 0.3) is 5.91 Å². The summed E-state index contributed by atoms with van der Waals surface area (Å²) in [6, 6.07) is 9.17. The number of unbranched alkanes of at least 4 members (excludes halogenated alkanes) is 1. The Labute approximate surface area is 172 Å². The molecule has 6 nitrogen and oxygen atoms in total. The molecular formula is C23H32N4O2. The quantitative estimate of drug-likeness (QED) is 0.781. The summed E-state index contributed by atoms with van der Waals surface area (Å²) in [5, 5.41) is 9.02. The van der Waals surface area contributed by atoms with E-state index in [2.05, 4.69) is 23.2 Å². The lowest BCUT2D eigenvalue weighted by molar-refractivity contribution is -0.0802. The van der Waals surface area contributed by atoms with Crippen molar-refractivity contribution < 1.29 is 9.53 Å². The van der Waals surface area contributed by atoms with Crippen molar-refractivity contribution in [2.75, 3.05) is 19.8 Å². The molecule has 1 aromatic carbocycles. The molecule has 1 aliphatic carbocycles. The van der Waals surface area contributed by atoms with Gasteiger partial charge in [-0.2, -0.15) is 5.10 Å². The van der Waals surface area contributed by atoms with Crippen molar-refractivity contribution in [2.24, 2.45) is 5.92 Å². The number of aromatic nitrogens is 2. The van der Waals surface area contributed by atoms with Gasteiger partial charge in [0, 0.05) is 30.1 Å². The number of piperidine rings is 1. The second-order valence-electron chi connectivity index (χ2n) is 9.07. The number of ether oxygens (including phenoxy) is 1. The Kier molecular flexibility index (Phi) is 5.31. The summed E-state index contributed by atoms with van der Waals surface area (Å²) in [4.78, 5) is 15.8. The van der Waals surface area contributed by atoms with Crippen LogP contribution in [0, 0.1) is 5.92 Å². The molecule has 156 valence electrons. The first kappa shape index (κ1) is 19.1. The van der Waals surface area contributed by atoms with Crippen LogP contribution in [0.3, 0.4) is 0 Å². The van der Waals surface area contributed by atoms with Crippen molar-refractivity contribution in [1.29, 1.82) is 0 Å². The molecule has 3 fully saturated rings. The highest BCUT2D eigenvalue weighted by molar-refractivity contribution is 6.05. The van der Waals surface area contributed by atoms with Gasteiger partial charge in [-0.15, -0.1) is 0 Å². The van der Waals surface area contributed by atoms with Crippen LogP contribution in [-0.2, 0) is 11.3 Å². The number of benzene rings is 1. The summed E-state index contributed by atoms with van der Waals surface area (Å²) >= 11 is 0. The normalized spacial score (nSPS) is 27.3. The first-order chi connectivity index (χ1) is 14.2. The van der Waals surface area contributed by atoms with E-state index in [1.807, 2.05) is 22.9 Å². The van der Waals surface area contributed by atoms with Gasteiger partial charge in [-0.25, -0.2) is 0 Å². The molecule has 2 saturated heterocycles. The van der Waals surface area contributed by atoms with Crippen molar-refractivity contribution >= 4 is 16.8 Å². The SMILES string of the molecule is CCCCN1C2COCC1CC(NC(=O)c1nn(CC3CC3)c3ccccc13)C2. The molecule has 2 unspecified atom stereocenters. The summed E-state index contributed by atoms with van der Waals surface area (Å²) in [6.07, 6.45) is 6.93. The fraction of sp³-hybridized carbons (Fsp3) is 0.652. The number of carbonyl (C=O) groups excluding carboxylic acids is 1. The van der Waals surface area contributed by atoms with Crippen LogP contribution in [0.25, 0.3) is 10.9 Å². The van der Waals surface area contributed by atoms with Crippen LogP contribution >= 0.6 is 0 Å². The Balaban J connectivity index is 1.31. The topological polar surface area (TPSA) is 59.4 Å². The number of nitrogens with zero attached hydrogens (tertiary/aromatic N) is 3. The standard InChI is InChI=1S/C23H32N4O2/c1-2-3-10-26-18-11-17(12-19(26)15-29-14-18)24-23(28)22-20-6-4-5-7-21(20)27(25-22)13-16-8-9-16/h4-7,16-19H,2-3,8-15H2,1H3,(H,24,28). The summed E-state index contributed by atoms with van der Waals surface area (Å²) < 4.78 is 7.86. The Morgan fingerprint density at radius 1 is 1.21 bits per heavy atom. The third-order valence-corrected chi connectivity index (χ3v) is 6.78. The predicted octanol–water partition coefficient (Wildman–Crippen LogP) is 3.21. The molecule has 2 aliphatic heterocycles. The lowest BCUT2D eigenvalue weighted by Gasteiger charge is -2.48. The fourth-order valence-corrected chi connectivity index (χ4v) is 5.05. The number of amides is 1. The third kappa shape index (κ3) is 3.92. The van der Waals surface area contributed by atoms with Gasteiger partial charge in [-0.05, 0) is 50.6 Å². The highest BCUT2D eigenvalue weighted by Crippen LogP contribution is 2.32. The largest absolute Gasteiger partial charge is 0.378 e. The van der Waals surface area contributed by atoms with E-state index >= 15 is 0 Å². The minimum absolute atomic E-state index is 0.0262. The summed E-state index contributed by atoms with van der Waals surface area (Å²) in [7, 11) is 0. The van der Waals surface area contributed by atoms with E-state index in [1.54, 1.807) is 0 Å². The molecule has 6 heteroatoms. The molecule has 3 heterocycles. The molecular weight excluding hydrogens is 364 g/mol. The number of hydrogen-bond acceptors (Lipinski definition) is 4. The maximum absolute atomic E-state index is 13.2. The van der Waals surface area contributed by atoms with Crippen molar-refractivity contribution in [3.8, 4) is 0 Å². The first-order valence-electron chi connectivity index (χ1n) is 11.3. The zero-order valence-electron chi connectivity index (χ0n) is 17.3. The number of para-hydroxylation sites is 1. The first-order valence-corrected chi connectivity index (χ1v) is 11.3. The van der Waals surface area contributed by atoms with Crippen LogP contribution in [-0.4, -0.2) is 58.5 Å². The predicted molar refractivity (Wildman–Crippen MR) is 113 cm³/mol. The lowest BCUT2D eigenvalue weighted by atomic mass is 9.89. The van der Waals surface area contributed by atoms with E-state index in [4.69, 9.17) is 9.84 Å². The minimum Gasteiger partial charge on any atom is -0.378 e.